The van der Waals surface area contributed by atoms with Gasteiger partial charge in [0.15, 0.2) is 31.5 Å². The van der Waals surface area contributed by atoms with Gasteiger partial charge in [-0.2, -0.15) is 0 Å². The number of carbonyl (C=O) groups excluding carboxylic acids is 2. The molecule has 0 amide bonds. The van der Waals surface area contributed by atoms with E-state index < -0.39 is 200 Å². The summed E-state index contributed by atoms with van der Waals surface area (Å²) < 4.78 is 100. The summed E-state index contributed by atoms with van der Waals surface area (Å²) in [6.45, 7) is 11.9. The van der Waals surface area contributed by atoms with Crippen LogP contribution in [-0.4, -0.2) is 258 Å². The molecule has 0 spiro atoms. The fourth-order valence-corrected chi connectivity index (χ4v) is 17.6. The molecule has 31 atom stereocenters. The van der Waals surface area contributed by atoms with Crippen molar-refractivity contribution in [2.45, 2.75) is 283 Å². The third kappa shape index (κ3) is 14.0. The van der Waals surface area contributed by atoms with E-state index in [0.717, 1.165) is 11.1 Å². The average Bonchev–Trinajstić information content (AvgIpc) is 1.59. The van der Waals surface area contributed by atoms with Crippen LogP contribution in [0.25, 0.3) is 6.08 Å². The monoisotopic (exact) mass is 1370 g/mol. The summed E-state index contributed by atoms with van der Waals surface area (Å²) in [5.74, 6) is -1.99. The third-order valence-electron chi connectivity index (χ3n) is 23.2. The summed E-state index contributed by atoms with van der Waals surface area (Å²) >= 11 is 0. The molecule has 5 heterocycles. The van der Waals surface area contributed by atoms with E-state index in [0.29, 0.717) is 25.7 Å². The fourth-order valence-electron chi connectivity index (χ4n) is 17.6. The first kappa shape index (κ1) is 74.2. The SMILES string of the molecule is CO[C@@H]1[C@@H](O)[C@H](O[C@@H]2[C@@H](C)O[C@@H](O[C@H]3[C@@H](OC)C[C@H](O[C@H]4[C@@H](OC)C[C@H](O[C@H]5CC[C@@]6(C)C(=CC[C@]7(O)[C@@H]6CC(OC(=O)c6ccccc6)[C@@]6(C)[C@]7(O)CC[C@]6(O)C(C)OC(=O)/C=C/c6ccccc6)C5)O[C@@H]4C)O[C@@H]3C)C[C@H]2OC)O[C@H](C)[C@H]1O[C@@H]1O[C@H](CO)[C@@H](O)[C@H](O)[C@H]1O. The van der Waals surface area contributed by atoms with Crippen molar-refractivity contribution in [3.63, 3.8) is 0 Å². The lowest BCUT2D eigenvalue weighted by Gasteiger charge is -2.67. The molecule has 2 aromatic carbocycles. The van der Waals surface area contributed by atoms with Crippen molar-refractivity contribution in [1.82, 2.24) is 0 Å². The normalized spacial score (nSPS) is 46.5. The highest BCUT2D eigenvalue weighted by atomic mass is 16.8. The number of ether oxygens (including phenoxy) is 16. The van der Waals surface area contributed by atoms with Crippen molar-refractivity contribution in [1.29, 1.82) is 0 Å². The van der Waals surface area contributed by atoms with Crippen LogP contribution in [0.3, 0.4) is 0 Å². The van der Waals surface area contributed by atoms with E-state index in [4.69, 9.17) is 75.8 Å². The zero-order valence-corrected chi connectivity index (χ0v) is 57.2. The molecule has 4 aliphatic carbocycles. The van der Waals surface area contributed by atoms with E-state index in [1.54, 1.807) is 78.3 Å². The van der Waals surface area contributed by atoms with Crippen LogP contribution < -0.4 is 0 Å². The molecule has 0 radical (unpaired) electrons. The lowest BCUT2D eigenvalue weighted by atomic mass is 9.42. The highest BCUT2D eigenvalue weighted by Gasteiger charge is 2.82. The van der Waals surface area contributed by atoms with Crippen LogP contribution in [0.2, 0.25) is 0 Å². The summed E-state index contributed by atoms with van der Waals surface area (Å²) in [4.78, 5) is 27.6. The highest BCUT2D eigenvalue weighted by Crippen LogP contribution is 2.71. The van der Waals surface area contributed by atoms with E-state index in [1.165, 1.54) is 20.3 Å². The predicted molar refractivity (Wildman–Crippen MR) is 340 cm³/mol. The smallest absolute Gasteiger partial charge is 0.338 e. The number of rotatable bonds is 21. The Kier molecular flexibility index (Phi) is 23.0. The van der Waals surface area contributed by atoms with Crippen LogP contribution in [0.4, 0.5) is 0 Å². The molecule has 11 rings (SSSR count). The maximum atomic E-state index is 14.2. The molecule has 5 saturated heterocycles. The Labute approximate surface area is 566 Å². The molecule has 8 fully saturated rings. The van der Waals surface area contributed by atoms with Gasteiger partial charge in [0.2, 0.25) is 0 Å². The number of carbonyl (C=O) groups is 2. The standard InChI is InChI=1S/C71H102O26/c1-36-59(94-53-32-46(83-9)60(37(2)87-53)95-54-33-47(84-10)61(38(3)88-54)96-66-58(77)63(85-11)62(39(4)89-66)97-65-57(76)56(75)55(74)48(35-72)92-65)45(82-8)31-52(86-36)91-44-25-26-67(6)43(30-44)24-27-70(80)49(67)34-50(93-64(78)42-20-16-13-17-21-42)68(7)69(79,28-29-71(68,70)81)40(5)90-51(73)23-22-41-18-14-12-15-19-41/h12-24,36-40,44-50,52-63,65-66,72,74-77,79-81H,25-35H2,1-11H3/b23-22+/t36-,37-,38-,39-,40?,44+,45+,46+,47-,48-,49-,50?,52+,53+,54+,55-,56+,57-,58-,59-,60-,61-,62-,63-,65+,66+,67+,68-,69+,70+,71-/m1/s1. The van der Waals surface area contributed by atoms with Crippen LogP contribution in [0.15, 0.2) is 78.4 Å². The number of hydrogen-bond donors (Lipinski definition) is 8. The second-order valence-electron chi connectivity index (χ2n) is 28.5. The van der Waals surface area contributed by atoms with Gasteiger partial charge in [0, 0.05) is 59.7 Å². The lowest BCUT2D eigenvalue weighted by molar-refractivity contribution is -0.374. The zero-order valence-electron chi connectivity index (χ0n) is 57.2. The molecular formula is C71H102O26. The minimum atomic E-state index is -2.02. The number of aliphatic hydroxyl groups is 8. The molecule has 97 heavy (non-hydrogen) atoms. The molecule has 2 unspecified atom stereocenters. The number of esters is 2. The zero-order chi connectivity index (χ0) is 69.7. The minimum absolute atomic E-state index is 0.0472. The number of hydrogen-bond acceptors (Lipinski definition) is 26. The predicted octanol–water partition coefficient (Wildman–Crippen LogP) is 3.69. The molecular weight excluding hydrogens is 1270 g/mol. The first-order valence-electron chi connectivity index (χ1n) is 34.2. The molecule has 9 aliphatic rings. The Morgan fingerprint density at radius 1 is 0.608 bits per heavy atom. The lowest BCUT2D eigenvalue weighted by Crippen LogP contribution is -2.78. The molecule has 26 heteroatoms. The van der Waals surface area contributed by atoms with Crippen molar-refractivity contribution < 1.29 is 126 Å². The number of methoxy groups -OCH3 is 4. The van der Waals surface area contributed by atoms with Gasteiger partial charge in [0.1, 0.15) is 90.1 Å². The van der Waals surface area contributed by atoms with Crippen LogP contribution in [-0.2, 0) is 80.6 Å². The van der Waals surface area contributed by atoms with Gasteiger partial charge in [-0.15, -0.1) is 0 Å². The quantitative estimate of drug-likeness (QED) is 0.0502. The van der Waals surface area contributed by atoms with Crippen molar-refractivity contribution in [3.05, 3.63) is 89.5 Å². The third-order valence-corrected chi connectivity index (χ3v) is 23.2. The summed E-state index contributed by atoms with van der Waals surface area (Å²) in [6.07, 6.45) is -16.1. The van der Waals surface area contributed by atoms with Crippen LogP contribution in [0, 0.1) is 16.7 Å². The maximum absolute atomic E-state index is 14.2. The van der Waals surface area contributed by atoms with Crippen molar-refractivity contribution >= 4 is 18.0 Å². The fraction of sp³-hybridized carbons (Fsp3) is 0.746. The van der Waals surface area contributed by atoms with Crippen LogP contribution in [0.5, 0.6) is 0 Å². The number of benzene rings is 2. The minimum Gasteiger partial charge on any atom is -0.458 e. The topological polar surface area (TPSA) is 344 Å². The van der Waals surface area contributed by atoms with Crippen LogP contribution in [0.1, 0.15) is 129 Å². The van der Waals surface area contributed by atoms with Gasteiger partial charge in [0.25, 0.3) is 0 Å². The molecule has 8 N–H and O–H groups in total. The Morgan fingerprint density at radius 2 is 1.14 bits per heavy atom. The van der Waals surface area contributed by atoms with Crippen molar-refractivity contribution in [2.24, 2.45) is 16.7 Å². The van der Waals surface area contributed by atoms with E-state index in [9.17, 15) is 50.4 Å². The summed E-state index contributed by atoms with van der Waals surface area (Å²) in [7, 11) is 6.10. The van der Waals surface area contributed by atoms with Gasteiger partial charge in [-0.25, -0.2) is 9.59 Å². The first-order chi connectivity index (χ1) is 46.2. The molecule has 2 aromatic rings. The number of aliphatic hydroxyl groups excluding tert-OH is 5. The molecule has 0 bridgehead atoms. The number of fused-ring (bicyclic) bond motifs is 5. The summed E-state index contributed by atoms with van der Waals surface area (Å²) in [5.41, 5.74) is -6.10. The highest BCUT2D eigenvalue weighted by molar-refractivity contribution is 5.89. The largest absolute Gasteiger partial charge is 0.458 e. The summed E-state index contributed by atoms with van der Waals surface area (Å²) in [5, 5.41) is 92.5. The molecule has 3 saturated carbocycles. The molecule has 542 valence electrons. The van der Waals surface area contributed by atoms with E-state index in [-0.39, 0.29) is 50.2 Å². The molecule has 5 aliphatic heterocycles. The second kappa shape index (κ2) is 30.1. The Hall–Kier alpha value is -4.02. The maximum Gasteiger partial charge on any atom is 0.338 e. The van der Waals surface area contributed by atoms with Gasteiger partial charge < -0.3 is 117 Å². The van der Waals surface area contributed by atoms with Gasteiger partial charge in [0.05, 0.1) is 66.4 Å². The Balaban J connectivity index is 0.695. The molecule has 0 aromatic heterocycles. The molecule has 26 nitrogen and oxygen atoms in total. The van der Waals surface area contributed by atoms with Crippen LogP contribution >= 0.6 is 0 Å². The van der Waals surface area contributed by atoms with E-state index >= 15 is 0 Å². The Bertz CT molecular complexity index is 3020. The summed E-state index contributed by atoms with van der Waals surface area (Å²) in [6, 6.07) is 17.8. The van der Waals surface area contributed by atoms with Crippen molar-refractivity contribution in [2.75, 3.05) is 35.0 Å². The average molecular weight is 1370 g/mol. The Morgan fingerprint density at radius 3 is 1.71 bits per heavy atom. The van der Waals surface area contributed by atoms with Gasteiger partial charge >= 0.3 is 11.9 Å². The van der Waals surface area contributed by atoms with Gasteiger partial charge in [-0.1, -0.05) is 74.0 Å². The second-order valence-corrected chi connectivity index (χ2v) is 28.5. The van der Waals surface area contributed by atoms with Gasteiger partial charge in [-0.3, -0.25) is 0 Å². The van der Waals surface area contributed by atoms with E-state index in [1.807, 2.05) is 50.3 Å². The van der Waals surface area contributed by atoms with Crippen molar-refractivity contribution in [3.8, 4) is 0 Å². The van der Waals surface area contributed by atoms with Gasteiger partial charge in [-0.05, 0) is 109 Å². The van der Waals surface area contributed by atoms with E-state index in [2.05, 4.69) is 6.92 Å². The first-order valence-corrected chi connectivity index (χ1v) is 34.2.